The SMILES string of the molecule is CCN(CCOC(C)C(=N)N)Cc1cccs1. The van der Waals surface area contributed by atoms with E-state index in [-0.39, 0.29) is 11.9 Å². The average molecular weight is 255 g/mol. The molecule has 0 radical (unpaired) electrons. The predicted octanol–water partition coefficient (Wildman–Crippen LogP) is 1.91. The highest BCUT2D eigenvalue weighted by Gasteiger charge is 2.08. The Bertz CT molecular complexity index is 327. The molecule has 1 aromatic heterocycles. The fourth-order valence-corrected chi connectivity index (χ4v) is 2.17. The molecule has 0 saturated carbocycles. The largest absolute Gasteiger partial charge is 0.385 e. The molecular formula is C12H21N3OS. The lowest BCUT2D eigenvalue weighted by molar-refractivity contribution is 0.0828. The number of hydrogen-bond donors (Lipinski definition) is 2. The van der Waals surface area contributed by atoms with Gasteiger partial charge in [-0.25, -0.2) is 0 Å². The molecule has 1 heterocycles. The lowest BCUT2D eigenvalue weighted by atomic mass is 10.4. The van der Waals surface area contributed by atoms with Crippen molar-refractivity contribution in [3.05, 3.63) is 22.4 Å². The van der Waals surface area contributed by atoms with Crippen molar-refractivity contribution in [3.63, 3.8) is 0 Å². The van der Waals surface area contributed by atoms with Crippen LogP contribution in [-0.4, -0.2) is 36.5 Å². The van der Waals surface area contributed by atoms with E-state index in [0.717, 1.165) is 19.6 Å². The first-order valence-electron chi connectivity index (χ1n) is 5.83. The second-order valence-electron chi connectivity index (χ2n) is 3.92. The highest BCUT2D eigenvalue weighted by Crippen LogP contribution is 2.11. The van der Waals surface area contributed by atoms with Crippen LogP contribution < -0.4 is 5.73 Å². The zero-order chi connectivity index (χ0) is 12.7. The van der Waals surface area contributed by atoms with Crippen LogP contribution >= 0.6 is 11.3 Å². The fraction of sp³-hybridized carbons (Fsp3) is 0.583. The Hall–Kier alpha value is -0.910. The minimum absolute atomic E-state index is 0.0892. The van der Waals surface area contributed by atoms with E-state index in [1.807, 2.05) is 0 Å². The number of hydrogen-bond acceptors (Lipinski definition) is 4. The fourth-order valence-electron chi connectivity index (χ4n) is 1.42. The normalized spacial score (nSPS) is 12.9. The Morgan fingerprint density at radius 2 is 2.41 bits per heavy atom. The molecule has 1 atom stereocenters. The van der Waals surface area contributed by atoms with Gasteiger partial charge >= 0.3 is 0 Å². The highest BCUT2D eigenvalue weighted by molar-refractivity contribution is 7.09. The van der Waals surface area contributed by atoms with Crippen LogP contribution in [0.2, 0.25) is 0 Å². The van der Waals surface area contributed by atoms with Crippen LogP contribution in [-0.2, 0) is 11.3 Å². The molecule has 4 nitrogen and oxygen atoms in total. The summed E-state index contributed by atoms with van der Waals surface area (Å²) in [6.07, 6.45) is -0.282. The maximum Gasteiger partial charge on any atom is 0.120 e. The molecule has 0 spiro atoms. The van der Waals surface area contributed by atoms with Crippen LogP contribution in [0.25, 0.3) is 0 Å². The zero-order valence-corrected chi connectivity index (χ0v) is 11.3. The van der Waals surface area contributed by atoms with Crippen LogP contribution in [0, 0.1) is 5.41 Å². The van der Waals surface area contributed by atoms with Gasteiger partial charge in [-0.1, -0.05) is 13.0 Å². The number of likely N-dealkylation sites (N-methyl/N-ethyl adjacent to an activating group) is 1. The summed E-state index contributed by atoms with van der Waals surface area (Å²) in [4.78, 5) is 3.69. The minimum Gasteiger partial charge on any atom is -0.385 e. The molecule has 0 aliphatic heterocycles. The van der Waals surface area contributed by atoms with Gasteiger partial charge in [0.25, 0.3) is 0 Å². The van der Waals surface area contributed by atoms with Gasteiger partial charge < -0.3 is 10.5 Å². The summed E-state index contributed by atoms with van der Waals surface area (Å²) in [5.74, 6) is 0.0892. The molecule has 0 aromatic carbocycles. The number of rotatable bonds is 8. The molecule has 0 aliphatic carbocycles. The zero-order valence-electron chi connectivity index (χ0n) is 10.5. The number of nitrogens with one attached hydrogen (secondary N) is 1. The molecular weight excluding hydrogens is 234 g/mol. The maximum atomic E-state index is 7.23. The van der Waals surface area contributed by atoms with Crippen molar-refractivity contribution in [1.82, 2.24) is 4.90 Å². The third-order valence-corrected chi connectivity index (χ3v) is 3.48. The summed E-state index contributed by atoms with van der Waals surface area (Å²) in [7, 11) is 0. The maximum absolute atomic E-state index is 7.23. The first kappa shape index (κ1) is 14.2. The van der Waals surface area contributed by atoms with Crippen LogP contribution in [0.4, 0.5) is 0 Å². The Morgan fingerprint density at radius 3 is 2.94 bits per heavy atom. The van der Waals surface area contributed by atoms with Crippen molar-refractivity contribution in [3.8, 4) is 0 Å². The van der Waals surface area contributed by atoms with E-state index in [1.54, 1.807) is 18.3 Å². The predicted molar refractivity (Wildman–Crippen MR) is 72.6 cm³/mol. The van der Waals surface area contributed by atoms with Gasteiger partial charge in [0.15, 0.2) is 0 Å². The second kappa shape index (κ2) is 7.42. The summed E-state index contributed by atoms with van der Waals surface area (Å²) in [6, 6.07) is 4.22. The third kappa shape index (κ3) is 5.30. The van der Waals surface area contributed by atoms with Crippen molar-refractivity contribution in [1.29, 1.82) is 5.41 Å². The standard InChI is InChI=1S/C12H21N3OS/c1-3-15(9-11-5-4-8-17-11)6-7-16-10(2)12(13)14/h4-5,8,10H,3,6-7,9H2,1-2H3,(H3,13,14). The highest BCUT2D eigenvalue weighted by atomic mass is 32.1. The summed E-state index contributed by atoms with van der Waals surface area (Å²) in [6.45, 7) is 7.38. The first-order valence-corrected chi connectivity index (χ1v) is 6.71. The Labute approximate surface area is 107 Å². The van der Waals surface area contributed by atoms with Crippen LogP contribution in [0.3, 0.4) is 0 Å². The van der Waals surface area contributed by atoms with E-state index >= 15 is 0 Å². The number of amidine groups is 1. The molecule has 1 unspecified atom stereocenters. The average Bonchev–Trinajstić information content (AvgIpc) is 2.80. The lowest BCUT2D eigenvalue weighted by Crippen LogP contribution is -2.32. The smallest absolute Gasteiger partial charge is 0.120 e. The molecule has 0 aliphatic rings. The molecule has 0 amide bonds. The van der Waals surface area contributed by atoms with Crippen molar-refractivity contribution in [2.75, 3.05) is 19.7 Å². The minimum atomic E-state index is -0.282. The van der Waals surface area contributed by atoms with Gasteiger partial charge in [0.2, 0.25) is 0 Å². The summed E-state index contributed by atoms with van der Waals surface area (Å²) >= 11 is 1.77. The molecule has 1 rings (SSSR count). The van der Waals surface area contributed by atoms with Gasteiger partial charge in [-0.2, -0.15) is 0 Å². The quantitative estimate of drug-likeness (QED) is 0.551. The molecule has 17 heavy (non-hydrogen) atoms. The lowest BCUT2D eigenvalue weighted by Gasteiger charge is -2.20. The summed E-state index contributed by atoms with van der Waals surface area (Å²) < 4.78 is 5.47. The van der Waals surface area contributed by atoms with Crippen molar-refractivity contribution in [2.45, 2.75) is 26.5 Å². The third-order valence-electron chi connectivity index (χ3n) is 2.62. The first-order chi connectivity index (χ1) is 8.13. The molecule has 0 saturated heterocycles. The molecule has 96 valence electrons. The van der Waals surface area contributed by atoms with Crippen molar-refractivity contribution in [2.24, 2.45) is 5.73 Å². The van der Waals surface area contributed by atoms with Gasteiger partial charge in [-0.15, -0.1) is 11.3 Å². The monoisotopic (exact) mass is 255 g/mol. The van der Waals surface area contributed by atoms with Crippen LogP contribution in [0.5, 0.6) is 0 Å². The van der Waals surface area contributed by atoms with Crippen molar-refractivity contribution < 1.29 is 4.74 Å². The molecule has 5 heteroatoms. The Morgan fingerprint density at radius 1 is 1.65 bits per heavy atom. The van der Waals surface area contributed by atoms with Gasteiger partial charge in [0.1, 0.15) is 11.9 Å². The Balaban J connectivity index is 2.25. The van der Waals surface area contributed by atoms with Crippen LogP contribution in [0.15, 0.2) is 17.5 Å². The van der Waals surface area contributed by atoms with E-state index in [1.165, 1.54) is 4.88 Å². The van der Waals surface area contributed by atoms with Gasteiger partial charge in [0.05, 0.1) is 6.61 Å². The molecule has 0 fully saturated rings. The molecule has 0 bridgehead atoms. The van der Waals surface area contributed by atoms with E-state index in [2.05, 4.69) is 29.3 Å². The summed E-state index contributed by atoms with van der Waals surface area (Å²) in [5.41, 5.74) is 5.34. The van der Waals surface area contributed by atoms with Gasteiger partial charge in [-0.05, 0) is 24.9 Å². The number of nitrogens with zero attached hydrogens (tertiary/aromatic N) is 1. The van der Waals surface area contributed by atoms with E-state index in [9.17, 15) is 0 Å². The molecule has 3 N–H and O–H groups in total. The number of ether oxygens (including phenoxy) is 1. The van der Waals surface area contributed by atoms with Crippen molar-refractivity contribution >= 4 is 17.2 Å². The number of nitrogens with two attached hydrogens (primary N) is 1. The summed E-state index contributed by atoms with van der Waals surface area (Å²) in [5, 5.41) is 9.33. The number of thiophene rings is 1. The molecule has 1 aromatic rings. The Kier molecular flexibility index (Phi) is 6.18. The van der Waals surface area contributed by atoms with E-state index < -0.39 is 0 Å². The van der Waals surface area contributed by atoms with Gasteiger partial charge in [0, 0.05) is 18.0 Å². The van der Waals surface area contributed by atoms with E-state index in [4.69, 9.17) is 15.9 Å². The van der Waals surface area contributed by atoms with E-state index in [0.29, 0.717) is 6.61 Å². The van der Waals surface area contributed by atoms with Crippen LogP contribution in [0.1, 0.15) is 18.7 Å². The topological polar surface area (TPSA) is 62.3 Å². The second-order valence-corrected chi connectivity index (χ2v) is 4.95. The van der Waals surface area contributed by atoms with Gasteiger partial charge in [-0.3, -0.25) is 10.3 Å².